The molecule has 58 valence electrons. The average Bonchev–Trinajstić information content (AvgIpc) is 1.93. The molecule has 1 aromatic carbocycles. The van der Waals surface area contributed by atoms with E-state index in [2.05, 4.69) is 0 Å². The number of carbonyl (C=O) groups is 1. The predicted molar refractivity (Wildman–Crippen MR) is 35.1 cm³/mol. The van der Waals surface area contributed by atoms with E-state index in [1.165, 1.54) is 18.2 Å². The molecule has 0 amide bonds. The first kappa shape index (κ1) is 7.72. The van der Waals surface area contributed by atoms with Crippen LogP contribution in [0.2, 0.25) is 0 Å². The minimum absolute atomic E-state index is 0.160. The number of benzene rings is 1. The molecule has 1 rings (SSSR count). The van der Waals surface area contributed by atoms with Crippen LogP contribution in [0.4, 0.5) is 4.39 Å². The molecule has 0 N–H and O–H groups in total. The molecule has 1 aromatic rings. The van der Waals surface area contributed by atoms with Crippen molar-refractivity contribution >= 4 is 5.97 Å². The third kappa shape index (κ3) is 2.04. The van der Waals surface area contributed by atoms with Crippen LogP contribution in [0.3, 0.4) is 0 Å². The van der Waals surface area contributed by atoms with E-state index in [-0.39, 0.29) is 12.0 Å². The molecule has 3 heteroatoms. The molecule has 0 bridgehead atoms. The van der Waals surface area contributed by atoms with Gasteiger partial charge in [-0.05, 0) is 11.6 Å². The van der Waals surface area contributed by atoms with Crippen molar-refractivity contribution in [3.05, 3.63) is 35.6 Å². The van der Waals surface area contributed by atoms with Gasteiger partial charge in [-0.3, -0.25) is 0 Å². The van der Waals surface area contributed by atoms with E-state index in [1.54, 1.807) is 6.07 Å². The number of carbonyl (C=O) groups excluding carboxylic acids is 1. The van der Waals surface area contributed by atoms with E-state index in [1.807, 2.05) is 0 Å². The van der Waals surface area contributed by atoms with Gasteiger partial charge in [0.05, 0.1) is 0 Å². The zero-order valence-corrected chi connectivity index (χ0v) is 5.71. The van der Waals surface area contributed by atoms with Crippen LogP contribution < -0.4 is 5.11 Å². The second kappa shape index (κ2) is 3.14. The van der Waals surface area contributed by atoms with Gasteiger partial charge < -0.3 is 9.90 Å². The summed E-state index contributed by atoms with van der Waals surface area (Å²) in [4.78, 5) is 10.0. The van der Waals surface area contributed by atoms with Crippen LogP contribution >= 0.6 is 0 Å². The summed E-state index contributed by atoms with van der Waals surface area (Å²) in [7, 11) is 0. The minimum Gasteiger partial charge on any atom is -0.550 e. The lowest BCUT2D eigenvalue weighted by atomic mass is 10.1. The number of aliphatic carboxylic acids is 1. The Hall–Kier alpha value is -1.38. The molecule has 0 aromatic heterocycles. The number of hydrogen-bond donors (Lipinski definition) is 0. The van der Waals surface area contributed by atoms with E-state index in [0.717, 1.165) is 0 Å². The quantitative estimate of drug-likeness (QED) is 0.605. The van der Waals surface area contributed by atoms with Gasteiger partial charge in [0.2, 0.25) is 0 Å². The molecule has 0 saturated heterocycles. The SMILES string of the molecule is O=C([O-])Cc1ccccc1F. The van der Waals surface area contributed by atoms with Crippen molar-refractivity contribution in [1.29, 1.82) is 0 Å². The topological polar surface area (TPSA) is 40.1 Å². The summed E-state index contributed by atoms with van der Waals surface area (Å²) < 4.78 is 12.7. The Morgan fingerprint density at radius 2 is 2.09 bits per heavy atom. The summed E-state index contributed by atoms with van der Waals surface area (Å²) in [6, 6.07) is 5.73. The largest absolute Gasteiger partial charge is 0.550 e. The first-order chi connectivity index (χ1) is 5.20. The molecular formula is C8H6FO2-. The maximum atomic E-state index is 12.7. The van der Waals surface area contributed by atoms with Gasteiger partial charge in [0.15, 0.2) is 0 Å². The van der Waals surface area contributed by atoms with Gasteiger partial charge >= 0.3 is 0 Å². The molecule has 2 nitrogen and oxygen atoms in total. The molecule has 0 heterocycles. The molecule has 0 saturated carbocycles. The number of halogens is 1. The van der Waals surface area contributed by atoms with E-state index >= 15 is 0 Å². The molecule has 0 aliphatic carbocycles. The molecule has 0 spiro atoms. The van der Waals surface area contributed by atoms with Crippen LogP contribution in [-0.4, -0.2) is 5.97 Å². The summed E-state index contributed by atoms with van der Waals surface area (Å²) in [6.45, 7) is 0. The van der Waals surface area contributed by atoms with Crippen molar-refractivity contribution in [2.24, 2.45) is 0 Å². The normalized spacial score (nSPS) is 9.55. The molecule has 0 aliphatic rings. The minimum atomic E-state index is -1.27. The number of hydrogen-bond acceptors (Lipinski definition) is 2. The summed E-state index contributed by atoms with van der Waals surface area (Å²) in [5.74, 6) is -1.77. The zero-order chi connectivity index (χ0) is 8.27. The van der Waals surface area contributed by atoms with E-state index in [9.17, 15) is 14.3 Å². The molecule has 0 radical (unpaired) electrons. The molecule has 0 unspecified atom stereocenters. The van der Waals surface area contributed by atoms with Gasteiger partial charge in [-0.1, -0.05) is 18.2 Å². The average molecular weight is 153 g/mol. The van der Waals surface area contributed by atoms with Crippen molar-refractivity contribution < 1.29 is 14.3 Å². The van der Waals surface area contributed by atoms with Crippen LogP contribution in [-0.2, 0) is 11.2 Å². The highest BCUT2D eigenvalue weighted by molar-refractivity contribution is 5.67. The maximum Gasteiger partial charge on any atom is 0.126 e. The fourth-order valence-corrected chi connectivity index (χ4v) is 0.797. The Labute approximate surface area is 63.3 Å². The van der Waals surface area contributed by atoms with Gasteiger partial charge in [-0.25, -0.2) is 4.39 Å². The Balaban J connectivity index is 2.86. The smallest absolute Gasteiger partial charge is 0.126 e. The molecule has 0 aliphatic heterocycles. The lowest BCUT2D eigenvalue weighted by molar-refractivity contribution is -0.304. The van der Waals surface area contributed by atoms with Gasteiger partial charge in [0, 0.05) is 12.4 Å². The van der Waals surface area contributed by atoms with Crippen molar-refractivity contribution in [2.75, 3.05) is 0 Å². The van der Waals surface area contributed by atoms with Gasteiger partial charge in [0.25, 0.3) is 0 Å². The molecular weight excluding hydrogens is 147 g/mol. The second-order valence-electron chi connectivity index (χ2n) is 2.14. The van der Waals surface area contributed by atoms with Crippen molar-refractivity contribution in [2.45, 2.75) is 6.42 Å². The highest BCUT2D eigenvalue weighted by Gasteiger charge is 1.98. The third-order valence-electron chi connectivity index (χ3n) is 1.29. The second-order valence-corrected chi connectivity index (χ2v) is 2.14. The first-order valence-corrected chi connectivity index (χ1v) is 3.13. The first-order valence-electron chi connectivity index (χ1n) is 3.13. The van der Waals surface area contributed by atoms with E-state index in [4.69, 9.17) is 0 Å². The maximum absolute atomic E-state index is 12.7. The number of carboxylic acids is 1. The van der Waals surface area contributed by atoms with Crippen LogP contribution in [0, 0.1) is 5.82 Å². The Morgan fingerprint density at radius 1 is 1.45 bits per heavy atom. The molecule has 11 heavy (non-hydrogen) atoms. The predicted octanol–water partition coefficient (Wildman–Crippen LogP) is 0.118. The lowest BCUT2D eigenvalue weighted by Gasteiger charge is -2.02. The Bertz CT molecular complexity index is 271. The fraction of sp³-hybridized carbons (Fsp3) is 0.125. The number of carboxylic acid groups (broad SMARTS) is 1. The molecule has 0 fully saturated rings. The van der Waals surface area contributed by atoms with Crippen LogP contribution in [0.25, 0.3) is 0 Å². The molecule has 0 atom stereocenters. The Kier molecular flexibility index (Phi) is 2.21. The monoisotopic (exact) mass is 153 g/mol. The standard InChI is InChI=1S/C8H7FO2/c9-7-4-2-1-3-6(7)5-8(10)11/h1-4H,5H2,(H,10,11)/p-1. The van der Waals surface area contributed by atoms with Gasteiger partial charge in [-0.15, -0.1) is 0 Å². The summed E-state index contributed by atoms with van der Waals surface area (Å²) in [5.41, 5.74) is 0.160. The summed E-state index contributed by atoms with van der Waals surface area (Å²) in [6.07, 6.45) is -0.368. The summed E-state index contributed by atoms with van der Waals surface area (Å²) >= 11 is 0. The lowest BCUT2D eigenvalue weighted by Crippen LogP contribution is -2.24. The highest BCUT2D eigenvalue weighted by atomic mass is 19.1. The van der Waals surface area contributed by atoms with Gasteiger partial charge in [-0.2, -0.15) is 0 Å². The number of rotatable bonds is 2. The zero-order valence-electron chi connectivity index (χ0n) is 5.71. The van der Waals surface area contributed by atoms with Crippen LogP contribution in [0.15, 0.2) is 24.3 Å². The van der Waals surface area contributed by atoms with Crippen molar-refractivity contribution in [3.8, 4) is 0 Å². The van der Waals surface area contributed by atoms with Crippen LogP contribution in [0.1, 0.15) is 5.56 Å². The van der Waals surface area contributed by atoms with Gasteiger partial charge in [0.1, 0.15) is 5.82 Å². The summed E-state index contributed by atoms with van der Waals surface area (Å²) in [5, 5.41) is 10.0. The fourth-order valence-electron chi connectivity index (χ4n) is 0.797. The van der Waals surface area contributed by atoms with E-state index < -0.39 is 11.8 Å². The Morgan fingerprint density at radius 3 is 2.64 bits per heavy atom. The highest BCUT2D eigenvalue weighted by Crippen LogP contribution is 2.05. The van der Waals surface area contributed by atoms with Crippen molar-refractivity contribution in [3.63, 3.8) is 0 Å². The van der Waals surface area contributed by atoms with E-state index in [0.29, 0.717) is 0 Å². The van der Waals surface area contributed by atoms with Crippen LogP contribution in [0.5, 0.6) is 0 Å². The third-order valence-corrected chi connectivity index (χ3v) is 1.29. The van der Waals surface area contributed by atoms with Crippen molar-refractivity contribution in [1.82, 2.24) is 0 Å².